The van der Waals surface area contributed by atoms with Crippen molar-refractivity contribution < 1.29 is 18.0 Å². The van der Waals surface area contributed by atoms with Gasteiger partial charge in [-0.15, -0.1) is 0 Å². The number of carbonyl (C=O) groups is 1. The average Bonchev–Trinajstić information content (AvgIpc) is 2.06. The summed E-state index contributed by atoms with van der Waals surface area (Å²) in [7, 11) is 0. The predicted molar refractivity (Wildman–Crippen MR) is 54.4 cm³/mol. The summed E-state index contributed by atoms with van der Waals surface area (Å²) in [5.41, 5.74) is -4.73. The Balaban J connectivity index is 2.88. The van der Waals surface area contributed by atoms with Crippen LogP contribution in [0.4, 0.5) is 13.2 Å². The molecule has 0 radical (unpaired) electrons. The molecule has 0 aliphatic carbocycles. The zero-order valence-corrected chi connectivity index (χ0v) is 9.27. The number of hydrogen-bond acceptors (Lipinski definition) is 2. The third kappa shape index (κ3) is 3.93. The molecular weight excluding hydrogens is 272 g/mol. The maximum atomic E-state index is 11.9. The molecule has 0 atom stereocenters. The molecular formula is C8H3Cl2F3OS. The van der Waals surface area contributed by atoms with E-state index < -0.39 is 22.4 Å². The molecule has 82 valence electrons. The van der Waals surface area contributed by atoms with Crippen molar-refractivity contribution in [2.45, 2.75) is 5.51 Å². The van der Waals surface area contributed by atoms with Crippen molar-refractivity contribution in [3.8, 4) is 0 Å². The Morgan fingerprint density at radius 3 is 2.27 bits per heavy atom. The maximum Gasteiger partial charge on any atom is 0.449 e. The molecule has 0 fully saturated rings. The molecule has 0 spiro atoms. The Kier molecular flexibility index (Phi) is 3.92. The van der Waals surface area contributed by atoms with Gasteiger partial charge in [0, 0.05) is 17.3 Å². The fourth-order valence-electron chi connectivity index (χ4n) is 0.787. The van der Waals surface area contributed by atoms with E-state index in [1.807, 2.05) is 0 Å². The number of halogens is 5. The van der Waals surface area contributed by atoms with E-state index in [1.165, 1.54) is 12.1 Å². The second-order valence-electron chi connectivity index (χ2n) is 2.46. The number of benzene rings is 1. The normalized spacial score (nSPS) is 11.5. The summed E-state index contributed by atoms with van der Waals surface area (Å²) in [6, 6.07) is 3.56. The van der Waals surface area contributed by atoms with Gasteiger partial charge in [-0.2, -0.15) is 13.2 Å². The summed E-state index contributed by atoms with van der Waals surface area (Å²) >= 11 is 10.4. The van der Waals surface area contributed by atoms with E-state index in [0.717, 1.165) is 6.07 Å². The number of rotatable bonds is 1. The number of alkyl halides is 3. The number of carbonyl (C=O) groups excluding carboxylic acids is 1. The summed E-state index contributed by atoms with van der Waals surface area (Å²) in [4.78, 5) is 11.1. The minimum Gasteiger partial charge on any atom is -0.281 e. The van der Waals surface area contributed by atoms with Crippen molar-refractivity contribution in [3.05, 3.63) is 33.8 Å². The van der Waals surface area contributed by atoms with E-state index in [1.54, 1.807) is 0 Å². The van der Waals surface area contributed by atoms with Crippen LogP contribution in [0.25, 0.3) is 0 Å². The molecule has 0 aromatic heterocycles. The first-order valence-electron chi connectivity index (χ1n) is 3.55. The molecule has 0 saturated carbocycles. The van der Waals surface area contributed by atoms with Crippen LogP contribution in [0, 0.1) is 0 Å². The molecule has 0 N–H and O–H groups in total. The fourth-order valence-corrected chi connectivity index (χ4v) is 1.54. The van der Waals surface area contributed by atoms with Gasteiger partial charge in [-0.1, -0.05) is 23.2 Å². The summed E-state index contributed by atoms with van der Waals surface area (Å²) in [5, 5.41) is -0.878. The lowest BCUT2D eigenvalue weighted by atomic mass is 10.2. The smallest absolute Gasteiger partial charge is 0.281 e. The first-order chi connectivity index (χ1) is 6.79. The molecule has 0 amide bonds. The molecule has 0 bridgehead atoms. The van der Waals surface area contributed by atoms with Crippen molar-refractivity contribution in [1.29, 1.82) is 0 Å². The largest absolute Gasteiger partial charge is 0.449 e. The Labute approximate surface area is 97.5 Å². The van der Waals surface area contributed by atoms with E-state index in [-0.39, 0.29) is 15.6 Å². The lowest BCUT2D eigenvalue weighted by molar-refractivity contribution is -0.0322. The number of hydrogen-bond donors (Lipinski definition) is 0. The van der Waals surface area contributed by atoms with Crippen LogP contribution in [0.3, 0.4) is 0 Å². The molecule has 1 aromatic rings. The minimum atomic E-state index is -4.59. The van der Waals surface area contributed by atoms with Gasteiger partial charge in [0.2, 0.25) is 5.12 Å². The van der Waals surface area contributed by atoms with Gasteiger partial charge in [0.25, 0.3) is 0 Å². The van der Waals surface area contributed by atoms with E-state index >= 15 is 0 Å². The van der Waals surface area contributed by atoms with Gasteiger partial charge in [0.05, 0.1) is 10.0 Å². The van der Waals surface area contributed by atoms with Crippen LogP contribution in [-0.4, -0.2) is 10.6 Å². The van der Waals surface area contributed by atoms with Crippen LogP contribution in [0.5, 0.6) is 0 Å². The molecule has 1 rings (SSSR count). The molecule has 15 heavy (non-hydrogen) atoms. The van der Waals surface area contributed by atoms with E-state index in [0.29, 0.717) is 0 Å². The van der Waals surface area contributed by atoms with Crippen molar-refractivity contribution >= 4 is 40.1 Å². The minimum absolute atomic E-state index is 0.0466. The number of thioether (sulfide) groups is 1. The summed E-state index contributed by atoms with van der Waals surface area (Å²) < 4.78 is 35.6. The first-order valence-corrected chi connectivity index (χ1v) is 5.12. The highest BCUT2D eigenvalue weighted by molar-refractivity contribution is 8.14. The fraction of sp³-hybridized carbons (Fsp3) is 0.125. The van der Waals surface area contributed by atoms with Gasteiger partial charge in [0.1, 0.15) is 0 Å². The molecule has 1 aromatic carbocycles. The van der Waals surface area contributed by atoms with E-state index in [2.05, 4.69) is 0 Å². The van der Waals surface area contributed by atoms with Crippen molar-refractivity contribution in [1.82, 2.24) is 0 Å². The Morgan fingerprint density at radius 2 is 1.80 bits per heavy atom. The van der Waals surface area contributed by atoms with Crippen LogP contribution in [0.15, 0.2) is 18.2 Å². The van der Waals surface area contributed by atoms with Crippen molar-refractivity contribution in [2.24, 2.45) is 0 Å². The monoisotopic (exact) mass is 274 g/mol. The van der Waals surface area contributed by atoms with Gasteiger partial charge in [-0.25, -0.2) is 0 Å². The van der Waals surface area contributed by atoms with Crippen molar-refractivity contribution in [3.63, 3.8) is 0 Å². The Hall–Kier alpha value is -0.390. The Bertz CT molecular complexity index is 392. The SMILES string of the molecule is O=C(SC(F)(F)F)c1ccc(Cl)c(Cl)c1. The van der Waals surface area contributed by atoms with Crippen LogP contribution in [-0.2, 0) is 0 Å². The lowest BCUT2D eigenvalue weighted by Gasteiger charge is -2.04. The van der Waals surface area contributed by atoms with Gasteiger partial charge < -0.3 is 0 Å². The molecule has 7 heteroatoms. The van der Waals surface area contributed by atoms with E-state index in [9.17, 15) is 18.0 Å². The maximum absolute atomic E-state index is 11.9. The second kappa shape index (κ2) is 4.63. The third-order valence-corrected chi connectivity index (χ3v) is 2.76. The summed E-state index contributed by atoms with van der Waals surface area (Å²) in [5.74, 6) is 0. The molecule has 0 aliphatic rings. The quantitative estimate of drug-likeness (QED) is 0.756. The molecule has 0 heterocycles. The summed E-state index contributed by atoms with van der Waals surface area (Å²) in [6.45, 7) is 0. The van der Waals surface area contributed by atoms with Crippen LogP contribution >= 0.6 is 35.0 Å². The van der Waals surface area contributed by atoms with Gasteiger partial charge >= 0.3 is 5.51 Å². The topological polar surface area (TPSA) is 17.1 Å². The standard InChI is InChI=1S/C8H3Cl2F3OS/c9-5-2-1-4(3-6(5)10)7(14)15-8(11,12)13/h1-3H. The second-order valence-corrected chi connectivity index (χ2v) is 4.32. The highest BCUT2D eigenvalue weighted by Gasteiger charge is 2.33. The molecule has 0 saturated heterocycles. The highest BCUT2D eigenvalue weighted by atomic mass is 35.5. The molecule has 0 unspecified atom stereocenters. The Morgan fingerprint density at radius 1 is 1.20 bits per heavy atom. The molecule has 1 nitrogen and oxygen atoms in total. The third-order valence-electron chi connectivity index (χ3n) is 1.36. The highest BCUT2D eigenvalue weighted by Crippen LogP contribution is 2.34. The van der Waals surface area contributed by atoms with Gasteiger partial charge in [-0.05, 0) is 18.2 Å². The van der Waals surface area contributed by atoms with E-state index in [4.69, 9.17) is 23.2 Å². The summed E-state index contributed by atoms with van der Waals surface area (Å²) in [6.07, 6.45) is 0. The zero-order valence-electron chi connectivity index (χ0n) is 6.94. The zero-order chi connectivity index (χ0) is 11.6. The van der Waals surface area contributed by atoms with Gasteiger partial charge in [0.15, 0.2) is 0 Å². The van der Waals surface area contributed by atoms with Crippen molar-refractivity contribution in [2.75, 3.05) is 0 Å². The first kappa shape index (κ1) is 12.7. The van der Waals surface area contributed by atoms with Crippen LogP contribution in [0.1, 0.15) is 10.4 Å². The predicted octanol–water partition coefficient (Wildman–Crippen LogP) is 4.39. The van der Waals surface area contributed by atoms with Crippen LogP contribution < -0.4 is 0 Å². The lowest BCUT2D eigenvalue weighted by Crippen LogP contribution is -2.06. The van der Waals surface area contributed by atoms with Crippen LogP contribution in [0.2, 0.25) is 10.0 Å². The average molecular weight is 275 g/mol. The molecule has 0 aliphatic heterocycles. The van der Waals surface area contributed by atoms with Gasteiger partial charge in [-0.3, -0.25) is 4.79 Å².